The summed E-state index contributed by atoms with van der Waals surface area (Å²) in [6, 6.07) is 10.4. The molecule has 0 aliphatic carbocycles. The number of nitrogens with zero attached hydrogens (tertiary/aromatic N) is 2. The van der Waals surface area contributed by atoms with Crippen molar-refractivity contribution in [1.29, 1.82) is 0 Å². The van der Waals surface area contributed by atoms with Crippen LogP contribution in [0.15, 0.2) is 54.2 Å². The van der Waals surface area contributed by atoms with Gasteiger partial charge in [-0.05, 0) is 30.3 Å². The molecule has 0 aliphatic rings. The molecule has 0 radical (unpaired) electrons. The Hall–Kier alpha value is -2.24. The molecular weight excluding hydrogens is 308 g/mol. The summed E-state index contributed by atoms with van der Waals surface area (Å²) >= 11 is 7.21. The number of aromatic nitrogens is 2. The second-order valence-electron chi connectivity index (χ2n) is 4.13. The van der Waals surface area contributed by atoms with Crippen LogP contribution in [-0.2, 0) is 0 Å². The van der Waals surface area contributed by atoms with Crippen LogP contribution in [0.4, 0.5) is 0 Å². The van der Waals surface area contributed by atoms with E-state index in [0.29, 0.717) is 10.8 Å². The Morgan fingerprint density at radius 1 is 1.24 bits per heavy atom. The topological polar surface area (TPSA) is 52.1 Å². The Bertz CT molecular complexity index is 774. The highest BCUT2D eigenvalue weighted by Crippen LogP contribution is 2.24. The Morgan fingerprint density at radius 2 is 2.14 bits per heavy atom. The molecule has 0 N–H and O–H groups in total. The van der Waals surface area contributed by atoms with E-state index in [9.17, 15) is 4.79 Å². The normalized spacial score (nSPS) is 10.3. The minimum absolute atomic E-state index is 0.263. The highest BCUT2D eigenvalue weighted by Gasteiger charge is 2.14. The van der Waals surface area contributed by atoms with Crippen LogP contribution in [0.5, 0.6) is 5.75 Å². The monoisotopic (exact) mass is 316 g/mol. The summed E-state index contributed by atoms with van der Waals surface area (Å²) in [7, 11) is 0. The van der Waals surface area contributed by atoms with E-state index in [-0.39, 0.29) is 5.69 Å². The molecule has 0 spiro atoms. The quantitative estimate of drug-likeness (QED) is 0.539. The van der Waals surface area contributed by atoms with Crippen molar-refractivity contribution in [3.8, 4) is 16.3 Å². The first-order valence-electron chi connectivity index (χ1n) is 6.06. The minimum atomic E-state index is -0.511. The second-order valence-corrected chi connectivity index (χ2v) is 5.42. The van der Waals surface area contributed by atoms with Crippen molar-refractivity contribution in [2.75, 3.05) is 0 Å². The molecule has 6 heteroatoms. The number of carbonyl (C=O) groups is 1. The summed E-state index contributed by atoms with van der Waals surface area (Å²) in [6.45, 7) is 0. The number of hydrogen-bond acceptors (Lipinski definition) is 5. The van der Waals surface area contributed by atoms with E-state index in [1.807, 2.05) is 12.1 Å². The molecule has 3 rings (SSSR count). The molecule has 0 unspecified atom stereocenters. The molecule has 0 saturated carbocycles. The molecule has 1 aromatic carbocycles. The van der Waals surface area contributed by atoms with Gasteiger partial charge in [0.15, 0.2) is 5.69 Å². The van der Waals surface area contributed by atoms with Crippen LogP contribution in [0, 0.1) is 0 Å². The second kappa shape index (κ2) is 6.03. The van der Waals surface area contributed by atoms with Crippen LogP contribution in [0.2, 0.25) is 5.02 Å². The van der Waals surface area contributed by atoms with E-state index in [4.69, 9.17) is 16.3 Å². The van der Waals surface area contributed by atoms with E-state index >= 15 is 0 Å². The van der Waals surface area contributed by atoms with E-state index in [1.165, 1.54) is 11.3 Å². The maximum Gasteiger partial charge on any atom is 0.363 e. The lowest BCUT2D eigenvalue weighted by Gasteiger charge is -2.02. The molecular formula is C15H9ClN2O2S. The fourth-order valence-electron chi connectivity index (χ4n) is 1.68. The Kier molecular flexibility index (Phi) is 3.94. The van der Waals surface area contributed by atoms with Gasteiger partial charge in [0.1, 0.15) is 10.8 Å². The van der Waals surface area contributed by atoms with Crippen molar-refractivity contribution in [2.24, 2.45) is 0 Å². The third-order valence-corrected chi connectivity index (χ3v) is 3.75. The smallest absolute Gasteiger partial charge is 0.363 e. The average molecular weight is 317 g/mol. The molecule has 0 bridgehead atoms. The van der Waals surface area contributed by atoms with Crippen LogP contribution in [0.25, 0.3) is 10.6 Å². The van der Waals surface area contributed by atoms with Gasteiger partial charge in [-0.25, -0.2) is 9.78 Å². The van der Waals surface area contributed by atoms with E-state index < -0.39 is 5.97 Å². The van der Waals surface area contributed by atoms with Crippen LogP contribution in [-0.4, -0.2) is 15.9 Å². The number of carbonyl (C=O) groups excluding carboxylic acids is 1. The zero-order valence-corrected chi connectivity index (χ0v) is 12.3. The van der Waals surface area contributed by atoms with Crippen LogP contribution >= 0.6 is 22.9 Å². The number of halogens is 1. The van der Waals surface area contributed by atoms with Gasteiger partial charge in [-0.2, -0.15) is 0 Å². The Balaban J connectivity index is 1.78. The highest BCUT2D eigenvalue weighted by atomic mass is 35.5. The van der Waals surface area contributed by atoms with Gasteiger partial charge in [0.05, 0.1) is 0 Å². The zero-order chi connectivity index (χ0) is 14.7. The van der Waals surface area contributed by atoms with E-state index in [1.54, 1.807) is 42.0 Å². The first-order valence-corrected chi connectivity index (χ1v) is 7.32. The van der Waals surface area contributed by atoms with Crippen LogP contribution < -0.4 is 4.74 Å². The summed E-state index contributed by atoms with van der Waals surface area (Å²) in [4.78, 5) is 20.3. The fourth-order valence-corrected chi connectivity index (χ4v) is 2.64. The summed E-state index contributed by atoms with van der Waals surface area (Å²) in [6.07, 6.45) is 3.39. The van der Waals surface area contributed by atoms with Crippen molar-refractivity contribution < 1.29 is 9.53 Å². The molecule has 0 amide bonds. The number of thiazole rings is 1. The SMILES string of the molecule is O=C(Oc1cccc(Cl)c1)c1csc(-c2cccnc2)n1. The molecule has 2 aromatic heterocycles. The summed E-state index contributed by atoms with van der Waals surface area (Å²) < 4.78 is 5.24. The van der Waals surface area contributed by atoms with Gasteiger partial charge in [0, 0.05) is 28.4 Å². The van der Waals surface area contributed by atoms with Crippen LogP contribution in [0.3, 0.4) is 0 Å². The third-order valence-electron chi connectivity index (χ3n) is 2.63. The predicted molar refractivity (Wildman–Crippen MR) is 81.8 cm³/mol. The lowest BCUT2D eigenvalue weighted by atomic mass is 10.3. The molecule has 4 nitrogen and oxygen atoms in total. The van der Waals surface area contributed by atoms with Gasteiger partial charge in [0.2, 0.25) is 0 Å². The maximum atomic E-state index is 12.0. The molecule has 0 aliphatic heterocycles. The van der Waals surface area contributed by atoms with Gasteiger partial charge in [0.25, 0.3) is 0 Å². The molecule has 3 aromatic rings. The molecule has 104 valence electrons. The molecule has 0 saturated heterocycles. The Morgan fingerprint density at radius 3 is 2.90 bits per heavy atom. The van der Waals surface area contributed by atoms with Gasteiger partial charge >= 0.3 is 5.97 Å². The first-order chi connectivity index (χ1) is 10.2. The van der Waals surface area contributed by atoms with Gasteiger partial charge in [-0.3, -0.25) is 4.98 Å². The number of esters is 1. The van der Waals surface area contributed by atoms with Crippen LogP contribution in [0.1, 0.15) is 10.5 Å². The van der Waals surface area contributed by atoms with E-state index in [2.05, 4.69) is 9.97 Å². The summed E-state index contributed by atoms with van der Waals surface area (Å²) in [5.41, 5.74) is 1.13. The number of benzene rings is 1. The molecule has 2 heterocycles. The number of rotatable bonds is 3. The lowest BCUT2D eigenvalue weighted by Crippen LogP contribution is -2.08. The fraction of sp³-hybridized carbons (Fsp3) is 0. The average Bonchev–Trinajstić information content (AvgIpc) is 2.98. The maximum absolute atomic E-state index is 12.0. The lowest BCUT2D eigenvalue weighted by molar-refractivity contribution is 0.0729. The van der Waals surface area contributed by atoms with Gasteiger partial charge in [-0.15, -0.1) is 11.3 Å². The van der Waals surface area contributed by atoms with Crippen molar-refractivity contribution in [2.45, 2.75) is 0 Å². The molecule has 0 atom stereocenters. The summed E-state index contributed by atoms with van der Waals surface area (Å²) in [5.74, 6) is -0.118. The van der Waals surface area contributed by atoms with Crippen molar-refractivity contribution in [3.05, 3.63) is 64.9 Å². The van der Waals surface area contributed by atoms with Gasteiger partial charge < -0.3 is 4.74 Å². The third kappa shape index (κ3) is 3.26. The Labute approximate surface area is 130 Å². The number of ether oxygens (including phenoxy) is 1. The first kappa shape index (κ1) is 13.7. The van der Waals surface area contributed by atoms with E-state index in [0.717, 1.165) is 10.6 Å². The molecule has 0 fully saturated rings. The number of pyridine rings is 1. The van der Waals surface area contributed by atoms with Crippen molar-refractivity contribution in [3.63, 3.8) is 0 Å². The zero-order valence-electron chi connectivity index (χ0n) is 10.7. The molecule has 21 heavy (non-hydrogen) atoms. The largest absolute Gasteiger partial charge is 0.422 e. The highest BCUT2D eigenvalue weighted by molar-refractivity contribution is 7.13. The predicted octanol–water partition coefficient (Wildman–Crippen LogP) is 4.08. The minimum Gasteiger partial charge on any atom is -0.422 e. The standard InChI is InChI=1S/C15H9ClN2O2S/c16-11-4-1-5-12(7-11)20-15(19)13-9-21-14(18-13)10-3-2-6-17-8-10/h1-9H. The van der Waals surface area contributed by atoms with Crippen molar-refractivity contribution >= 4 is 28.9 Å². The number of hydrogen-bond donors (Lipinski definition) is 0. The summed E-state index contributed by atoms with van der Waals surface area (Å²) in [5, 5.41) is 2.89. The van der Waals surface area contributed by atoms with Crippen molar-refractivity contribution in [1.82, 2.24) is 9.97 Å². The van der Waals surface area contributed by atoms with Gasteiger partial charge in [-0.1, -0.05) is 17.7 Å².